The summed E-state index contributed by atoms with van der Waals surface area (Å²) in [4.78, 5) is 40.2. The lowest BCUT2D eigenvalue weighted by molar-refractivity contribution is -0.140. The molecule has 2 aromatic carbocycles. The van der Waals surface area contributed by atoms with Crippen LogP contribution in [0.5, 0.6) is 5.75 Å². The van der Waals surface area contributed by atoms with E-state index < -0.39 is 0 Å². The molecule has 0 radical (unpaired) electrons. The number of hydrogen-bond acceptors (Lipinski definition) is 4. The lowest BCUT2D eigenvalue weighted by Crippen LogP contribution is -2.52. The molecule has 1 aliphatic rings. The lowest BCUT2D eigenvalue weighted by atomic mass is 10.2. The van der Waals surface area contributed by atoms with Gasteiger partial charge in [0, 0.05) is 54.8 Å². The van der Waals surface area contributed by atoms with Crippen molar-refractivity contribution in [3.63, 3.8) is 0 Å². The van der Waals surface area contributed by atoms with Crippen LogP contribution in [0.1, 0.15) is 16.8 Å². The maximum absolute atomic E-state index is 12.4. The molecule has 0 saturated carbocycles. The van der Waals surface area contributed by atoms with E-state index in [1.165, 1.54) is 0 Å². The van der Waals surface area contributed by atoms with Gasteiger partial charge in [-0.2, -0.15) is 0 Å². The summed E-state index contributed by atoms with van der Waals surface area (Å²) in [6, 6.07) is 13.4. The van der Waals surface area contributed by atoms with Gasteiger partial charge in [0.05, 0.1) is 0 Å². The van der Waals surface area contributed by atoms with Gasteiger partial charge in [0.25, 0.3) is 11.8 Å². The van der Waals surface area contributed by atoms with Crippen LogP contribution in [-0.2, 0) is 9.59 Å². The molecule has 0 bridgehead atoms. The molecule has 0 unspecified atom stereocenters. The van der Waals surface area contributed by atoms with Gasteiger partial charge in [0.1, 0.15) is 5.75 Å². The Morgan fingerprint density at radius 2 is 1.32 bits per heavy atom. The van der Waals surface area contributed by atoms with Crippen molar-refractivity contribution in [1.82, 2.24) is 15.1 Å². The highest BCUT2D eigenvalue weighted by molar-refractivity contribution is 6.30. The third kappa shape index (κ3) is 6.87. The highest BCUT2D eigenvalue weighted by atomic mass is 35.5. The molecular weight excluding hydrogens is 441 g/mol. The summed E-state index contributed by atoms with van der Waals surface area (Å²) >= 11 is 11.6. The zero-order chi connectivity index (χ0) is 22.2. The van der Waals surface area contributed by atoms with Gasteiger partial charge in [-0.3, -0.25) is 14.4 Å². The van der Waals surface area contributed by atoms with Crippen molar-refractivity contribution in [2.75, 3.05) is 39.3 Å². The Morgan fingerprint density at radius 1 is 0.806 bits per heavy atom. The standard InChI is InChI=1S/C22H23Cl2N3O4/c23-17-3-1-16(2-4-17)22(30)25-10-9-20(28)26-11-13-27(14-12-26)21(29)15-31-19-7-5-18(24)6-8-19/h1-8H,9-15H2,(H,25,30). The second-order valence-electron chi connectivity index (χ2n) is 7.02. The average Bonchev–Trinajstić information content (AvgIpc) is 2.79. The number of benzene rings is 2. The molecule has 3 amide bonds. The molecule has 0 atom stereocenters. The van der Waals surface area contributed by atoms with E-state index in [0.29, 0.717) is 47.5 Å². The molecule has 1 fully saturated rings. The van der Waals surface area contributed by atoms with Crippen molar-refractivity contribution in [3.8, 4) is 5.75 Å². The van der Waals surface area contributed by atoms with Crippen molar-refractivity contribution in [3.05, 3.63) is 64.1 Å². The van der Waals surface area contributed by atoms with Crippen LogP contribution < -0.4 is 10.1 Å². The largest absolute Gasteiger partial charge is 0.484 e. The molecule has 0 aromatic heterocycles. The number of hydrogen-bond donors (Lipinski definition) is 1. The second-order valence-corrected chi connectivity index (χ2v) is 7.89. The summed E-state index contributed by atoms with van der Waals surface area (Å²) in [6.45, 7) is 1.99. The molecule has 0 spiro atoms. The van der Waals surface area contributed by atoms with Crippen LogP contribution in [0.25, 0.3) is 0 Å². The molecule has 1 heterocycles. The van der Waals surface area contributed by atoms with Gasteiger partial charge in [-0.1, -0.05) is 23.2 Å². The molecule has 164 valence electrons. The fourth-order valence-electron chi connectivity index (χ4n) is 3.12. The minimum Gasteiger partial charge on any atom is -0.484 e. The van der Waals surface area contributed by atoms with E-state index in [4.69, 9.17) is 27.9 Å². The van der Waals surface area contributed by atoms with Crippen LogP contribution in [-0.4, -0.2) is 66.9 Å². The monoisotopic (exact) mass is 463 g/mol. The predicted octanol–water partition coefficient (Wildman–Crippen LogP) is 2.86. The van der Waals surface area contributed by atoms with Crippen molar-refractivity contribution in [2.24, 2.45) is 0 Å². The van der Waals surface area contributed by atoms with Crippen LogP contribution in [0.4, 0.5) is 0 Å². The van der Waals surface area contributed by atoms with Gasteiger partial charge in [0.15, 0.2) is 6.61 Å². The normalized spacial score (nSPS) is 13.6. The maximum Gasteiger partial charge on any atom is 0.260 e. The first-order valence-electron chi connectivity index (χ1n) is 9.90. The summed E-state index contributed by atoms with van der Waals surface area (Å²) < 4.78 is 5.49. The number of halogens is 2. The molecule has 9 heteroatoms. The Balaban J connectivity index is 1.35. The average molecular weight is 464 g/mol. The molecule has 1 saturated heterocycles. The first kappa shape index (κ1) is 22.9. The molecule has 0 aliphatic carbocycles. The number of amides is 3. The highest BCUT2D eigenvalue weighted by Crippen LogP contribution is 2.16. The van der Waals surface area contributed by atoms with Crippen LogP contribution in [0.2, 0.25) is 10.0 Å². The molecule has 2 aromatic rings. The fraction of sp³-hybridized carbons (Fsp3) is 0.318. The first-order chi connectivity index (χ1) is 14.9. The number of nitrogens with zero attached hydrogens (tertiary/aromatic N) is 2. The summed E-state index contributed by atoms with van der Waals surface area (Å²) in [5.41, 5.74) is 0.491. The molecule has 7 nitrogen and oxygen atoms in total. The summed E-state index contributed by atoms with van der Waals surface area (Å²) in [7, 11) is 0. The van der Waals surface area contributed by atoms with E-state index in [2.05, 4.69) is 5.32 Å². The van der Waals surface area contributed by atoms with Crippen molar-refractivity contribution < 1.29 is 19.1 Å². The third-order valence-electron chi connectivity index (χ3n) is 4.89. The smallest absolute Gasteiger partial charge is 0.260 e. The maximum atomic E-state index is 12.4. The van der Waals surface area contributed by atoms with Crippen molar-refractivity contribution >= 4 is 40.9 Å². The van der Waals surface area contributed by atoms with E-state index in [1.807, 2.05) is 0 Å². The van der Waals surface area contributed by atoms with E-state index in [0.717, 1.165) is 0 Å². The van der Waals surface area contributed by atoms with E-state index >= 15 is 0 Å². The van der Waals surface area contributed by atoms with E-state index in [9.17, 15) is 14.4 Å². The topological polar surface area (TPSA) is 79.0 Å². The van der Waals surface area contributed by atoms with Crippen molar-refractivity contribution in [1.29, 1.82) is 0 Å². The molecule has 1 aliphatic heterocycles. The first-order valence-corrected chi connectivity index (χ1v) is 10.7. The van der Waals surface area contributed by atoms with Gasteiger partial charge in [-0.25, -0.2) is 0 Å². The number of nitrogens with one attached hydrogen (secondary N) is 1. The molecule has 31 heavy (non-hydrogen) atoms. The number of rotatable bonds is 7. The molecule has 3 rings (SSSR count). The van der Waals surface area contributed by atoms with Gasteiger partial charge < -0.3 is 19.9 Å². The quantitative estimate of drug-likeness (QED) is 0.684. The van der Waals surface area contributed by atoms with Crippen LogP contribution in [0.3, 0.4) is 0 Å². The number of ether oxygens (including phenoxy) is 1. The van der Waals surface area contributed by atoms with Crippen molar-refractivity contribution in [2.45, 2.75) is 6.42 Å². The molecular formula is C22H23Cl2N3O4. The van der Waals surface area contributed by atoms with Gasteiger partial charge in [-0.05, 0) is 48.5 Å². The lowest BCUT2D eigenvalue weighted by Gasteiger charge is -2.34. The van der Waals surface area contributed by atoms with Gasteiger partial charge in [0.2, 0.25) is 5.91 Å². The van der Waals surface area contributed by atoms with E-state index in [-0.39, 0.29) is 37.3 Å². The molecule has 1 N–H and O–H groups in total. The Morgan fingerprint density at radius 3 is 1.90 bits per heavy atom. The zero-order valence-corrected chi connectivity index (χ0v) is 18.4. The third-order valence-corrected chi connectivity index (χ3v) is 5.40. The number of piperazine rings is 1. The summed E-state index contributed by atoms with van der Waals surface area (Å²) in [6.07, 6.45) is 0.201. The number of carbonyl (C=O) groups is 3. The minimum atomic E-state index is -0.249. The Hall–Kier alpha value is -2.77. The van der Waals surface area contributed by atoms with Crippen LogP contribution in [0, 0.1) is 0 Å². The summed E-state index contributed by atoms with van der Waals surface area (Å²) in [5, 5.41) is 3.89. The zero-order valence-electron chi connectivity index (χ0n) is 16.9. The van der Waals surface area contributed by atoms with Gasteiger partial charge in [-0.15, -0.1) is 0 Å². The highest BCUT2D eigenvalue weighted by Gasteiger charge is 2.24. The van der Waals surface area contributed by atoms with Gasteiger partial charge >= 0.3 is 0 Å². The number of carbonyl (C=O) groups excluding carboxylic acids is 3. The SMILES string of the molecule is O=C(NCCC(=O)N1CCN(C(=O)COc2ccc(Cl)cc2)CC1)c1ccc(Cl)cc1. The second kappa shape index (κ2) is 11.0. The Kier molecular flexibility index (Phi) is 8.14. The Labute approximate surface area is 190 Å². The fourth-order valence-corrected chi connectivity index (χ4v) is 3.37. The predicted molar refractivity (Wildman–Crippen MR) is 119 cm³/mol. The van der Waals surface area contributed by atoms with Crippen LogP contribution in [0.15, 0.2) is 48.5 Å². The van der Waals surface area contributed by atoms with Crippen LogP contribution >= 0.6 is 23.2 Å². The minimum absolute atomic E-state index is 0.0547. The Bertz CT molecular complexity index is 911. The van der Waals surface area contributed by atoms with E-state index in [1.54, 1.807) is 58.3 Å². The summed E-state index contributed by atoms with van der Waals surface area (Å²) in [5.74, 6) is 0.144.